The summed E-state index contributed by atoms with van der Waals surface area (Å²) in [5.41, 5.74) is 10.3. The Morgan fingerprint density at radius 1 is 1.26 bits per heavy atom. The molecule has 4 aromatic rings. The fraction of sp³-hybridized carbons (Fsp3) is 0.0588. The molecule has 0 atom stereocenters. The van der Waals surface area contributed by atoms with Gasteiger partial charge in [-0.25, -0.2) is 0 Å². The Balaban J connectivity index is 1.77. The first-order valence-electron chi connectivity index (χ1n) is 7.15. The van der Waals surface area contributed by atoms with Crippen LogP contribution >= 0.6 is 11.3 Å². The van der Waals surface area contributed by atoms with Gasteiger partial charge >= 0.3 is 0 Å². The maximum absolute atomic E-state index is 11.4. The van der Waals surface area contributed by atoms with Crippen molar-refractivity contribution in [1.29, 1.82) is 0 Å². The molecule has 0 aliphatic heterocycles. The molecule has 0 radical (unpaired) electrons. The zero-order valence-electron chi connectivity index (χ0n) is 12.4. The van der Waals surface area contributed by atoms with Crippen LogP contribution in [0.2, 0.25) is 0 Å². The molecule has 3 heterocycles. The topological polar surface area (TPSA) is 83.8 Å². The van der Waals surface area contributed by atoms with Crippen molar-refractivity contribution in [1.82, 2.24) is 9.97 Å². The van der Waals surface area contributed by atoms with E-state index in [1.165, 1.54) is 11.3 Å². The van der Waals surface area contributed by atoms with Gasteiger partial charge in [0, 0.05) is 28.5 Å². The number of amides is 1. The van der Waals surface area contributed by atoms with Crippen LogP contribution in [0.4, 0.5) is 11.4 Å². The molecule has 0 bridgehead atoms. The average Bonchev–Trinajstić information content (AvgIpc) is 3.10. The second kappa shape index (κ2) is 5.10. The number of H-pyrrole nitrogens is 1. The number of anilines is 2. The molecule has 23 heavy (non-hydrogen) atoms. The van der Waals surface area contributed by atoms with E-state index in [1.807, 2.05) is 25.1 Å². The van der Waals surface area contributed by atoms with Crippen LogP contribution in [-0.2, 0) is 0 Å². The van der Waals surface area contributed by atoms with Gasteiger partial charge in [0.1, 0.15) is 0 Å². The molecule has 0 aliphatic carbocycles. The lowest BCUT2D eigenvalue weighted by molar-refractivity contribution is 0.100. The number of nitrogens with two attached hydrogens (primary N) is 1. The van der Waals surface area contributed by atoms with Crippen molar-refractivity contribution in [2.24, 2.45) is 5.73 Å². The van der Waals surface area contributed by atoms with Gasteiger partial charge in [-0.15, -0.1) is 11.3 Å². The minimum absolute atomic E-state index is 0.428. The molecule has 0 unspecified atom stereocenters. The maximum Gasteiger partial charge on any atom is 0.258 e. The van der Waals surface area contributed by atoms with Crippen LogP contribution in [0, 0.1) is 6.92 Å². The molecule has 6 heteroatoms. The van der Waals surface area contributed by atoms with E-state index in [-0.39, 0.29) is 0 Å². The molecule has 5 nitrogen and oxygen atoms in total. The zero-order valence-corrected chi connectivity index (χ0v) is 13.2. The molecule has 114 valence electrons. The normalized spacial score (nSPS) is 11.2. The number of aryl methyl sites for hydroxylation is 1. The van der Waals surface area contributed by atoms with Crippen LogP contribution in [0.5, 0.6) is 0 Å². The Morgan fingerprint density at radius 3 is 2.96 bits per heavy atom. The van der Waals surface area contributed by atoms with E-state index >= 15 is 0 Å². The lowest BCUT2D eigenvalue weighted by atomic mass is 10.2. The minimum atomic E-state index is -0.428. The van der Waals surface area contributed by atoms with Crippen molar-refractivity contribution >= 4 is 49.7 Å². The molecule has 1 aromatic carbocycles. The maximum atomic E-state index is 11.4. The van der Waals surface area contributed by atoms with Crippen LogP contribution in [-0.4, -0.2) is 15.9 Å². The van der Waals surface area contributed by atoms with Crippen molar-refractivity contribution in [2.45, 2.75) is 6.92 Å². The Bertz CT molecular complexity index is 1050. The molecule has 0 fully saturated rings. The first-order valence-corrected chi connectivity index (χ1v) is 7.96. The highest BCUT2D eigenvalue weighted by Gasteiger charge is 2.11. The van der Waals surface area contributed by atoms with E-state index in [0.29, 0.717) is 4.88 Å². The van der Waals surface area contributed by atoms with E-state index in [1.54, 1.807) is 12.3 Å². The quantitative estimate of drug-likeness (QED) is 0.534. The first-order chi connectivity index (χ1) is 11.1. The summed E-state index contributed by atoms with van der Waals surface area (Å²) in [5, 5.41) is 4.56. The van der Waals surface area contributed by atoms with Crippen LogP contribution in [0.25, 0.3) is 21.1 Å². The molecular weight excluding hydrogens is 308 g/mol. The number of hydrogen-bond acceptors (Lipinski definition) is 4. The standard InChI is InChI=1S/C17H14N4OS/c1-9-6-10-7-11(2-3-12(10)20-9)21-13-4-5-19-14-8-15(17(18)22)23-16(13)14/h2-8,20H,1H3,(H2,18,22)(H,19,21). The Hall–Kier alpha value is -2.86. The van der Waals surface area contributed by atoms with E-state index in [2.05, 4.69) is 27.4 Å². The molecule has 4 rings (SSSR count). The SMILES string of the molecule is Cc1cc2cc(Nc3ccnc4cc(C(N)=O)sc34)ccc2[nH]1. The van der Waals surface area contributed by atoms with Crippen LogP contribution in [0.3, 0.4) is 0 Å². The fourth-order valence-corrected chi connectivity index (χ4v) is 3.61. The summed E-state index contributed by atoms with van der Waals surface area (Å²) >= 11 is 1.35. The Kier molecular flexibility index (Phi) is 3.06. The highest BCUT2D eigenvalue weighted by Crippen LogP contribution is 2.32. The van der Waals surface area contributed by atoms with Gasteiger partial charge in [0.25, 0.3) is 5.91 Å². The highest BCUT2D eigenvalue weighted by molar-refractivity contribution is 7.21. The summed E-state index contributed by atoms with van der Waals surface area (Å²) < 4.78 is 0.923. The van der Waals surface area contributed by atoms with Gasteiger partial charge in [-0.05, 0) is 43.3 Å². The molecule has 0 saturated heterocycles. The van der Waals surface area contributed by atoms with Gasteiger partial charge in [0.05, 0.1) is 20.8 Å². The van der Waals surface area contributed by atoms with Gasteiger partial charge in [-0.1, -0.05) is 0 Å². The number of nitrogens with zero attached hydrogens (tertiary/aromatic N) is 1. The summed E-state index contributed by atoms with van der Waals surface area (Å²) in [6.45, 7) is 2.04. The minimum Gasteiger partial charge on any atom is -0.365 e. The highest BCUT2D eigenvalue weighted by atomic mass is 32.1. The molecule has 4 N–H and O–H groups in total. The number of thiophene rings is 1. The summed E-state index contributed by atoms with van der Waals surface area (Å²) in [6.07, 6.45) is 1.72. The van der Waals surface area contributed by atoms with Crippen molar-refractivity contribution in [3.05, 3.63) is 53.2 Å². The number of carbonyl (C=O) groups excluding carboxylic acids is 1. The number of hydrogen-bond donors (Lipinski definition) is 3. The first kappa shape index (κ1) is 13.8. The van der Waals surface area contributed by atoms with Gasteiger partial charge in [0.2, 0.25) is 0 Å². The Labute approximate surface area is 136 Å². The molecular formula is C17H14N4OS. The van der Waals surface area contributed by atoms with E-state index < -0.39 is 5.91 Å². The monoisotopic (exact) mass is 322 g/mol. The average molecular weight is 322 g/mol. The fourth-order valence-electron chi connectivity index (χ4n) is 2.67. The van der Waals surface area contributed by atoms with Crippen molar-refractivity contribution in [3.63, 3.8) is 0 Å². The van der Waals surface area contributed by atoms with E-state index in [0.717, 1.165) is 38.2 Å². The predicted octanol–water partition coefficient (Wildman–Crippen LogP) is 3.93. The molecule has 3 aromatic heterocycles. The van der Waals surface area contributed by atoms with E-state index in [4.69, 9.17) is 5.73 Å². The summed E-state index contributed by atoms with van der Waals surface area (Å²) in [4.78, 5) is 19.5. The molecule has 0 aliphatic rings. The molecule has 0 spiro atoms. The zero-order chi connectivity index (χ0) is 16.0. The van der Waals surface area contributed by atoms with Crippen molar-refractivity contribution in [2.75, 3.05) is 5.32 Å². The van der Waals surface area contributed by atoms with Gasteiger partial charge < -0.3 is 16.0 Å². The van der Waals surface area contributed by atoms with Crippen LogP contribution in [0.1, 0.15) is 15.4 Å². The predicted molar refractivity (Wildman–Crippen MR) is 94.5 cm³/mol. The number of fused-ring (bicyclic) bond motifs is 2. The van der Waals surface area contributed by atoms with Gasteiger partial charge in [-0.3, -0.25) is 9.78 Å². The van der Waals surface area contributed by atoms with Gasteiger partial charge in [-0.2, -0.15) is 0 Å². The number of primary amides is 1. The number of carbonyl (C=O) groups is 1. The number of aromatic amines is 1. The number of pyridine rings is 1. The van der Waals surface area contributed by atoms with Crippen molar-refractivity contribution < 1.29 is 4.79 Å². The lowest BCUT2D eigenvalue weighted by Crippen LogP contribution is -2.08. The summed E-state index contributed by atoms with van der Waals surface area (Å²) in [6, 6.07) is 11.9. The smallest absolute Gasteiger partial charge is 0.258 e. The third-order valence-corrected chi connectivity index (χ3v) is 4.86. The van der Waals surface area contributed by atoms with Crippen molar-refractivity contribution in [3.8, 4) is 0 Å². The second-order valence-corrected chi connectivity index (χ2v) is 6.48. The Morgan fingerprint density at radius 2 is 2.13 bits per heavy atom. The largest absolute Gasteiger partial charge is 0.365 e. The molecule has 0 saturated carbocycles. The second-order valence-electron chi connectivity index (χ2n) is 5.43. The number of aromatic nitrogens is 2. The van der Waals surface area contributed by atoms with Crippen LogP contribution < -0.4 is 11.1 Å². The number of benzene rings is 1. The number of rotatable bonds is 3. The van der Waals surface area contributed by atoms with E-state index in [9.17, 15) is 4.79 Å². The number of nitrogens with one attached hydrogen (secondary N) is 2. The lowest BCUT2D eigenvalue weighted by Gasteiger charge is -2.07. The van der Waals surface area contributed by atoms with Crippen LogP contribution in [0.15, 0.2) is 42.6 Å². The third-order valence-electron chi connectivity index (χ3n) is 3.69. The van der Waals surface area contributed by atoms with Gasteiger partial charge in [0.15, 0.2) is 0 Å². The summed E-state index contributed by atoms with van der Waals surface area (Å²) in [7, 11) is 0. The summed E-state index contributed by atoms with van der Waals surface area (Å²) in [5.74, 6) is -0.428. The third kappa shape index (κ3) is 2.43. The molecule has 1 amide bonds.